The smallest absolute Gasteiger partial charge is 0.303 e. The lowest BCUT2D eigenvalue weighted by molar-refractivity contribution is -0.136. The second-order valence-electron chi connectivity index (χ2n) is 7.98. The summed E-state index contributed by atoms with van der Waals surface area (Å²) in [6.07, 6.45) is 1.14. The van der Waals surface area contributed by atoms with E-state index in [1.807, 2.05) is 36.4 Å². The molecule has 0 bridgehead atoms. The Morgan fingerprint density at radius 2 is 1.67 bits per heavy atom. The summed E-state index contributed by atoms with van der Waals surface area (Å²) in [6, 6.07) is 17.7. The maximum atomic E-state index is 13.5. The first-order valence-corrected chi connectivity index (χ1v) is 12.1. The second-order valence-corrected chi connectivity index (χ2v) is 9.92. The number of aliphatic carboxylic acids is 1. The van der Waals surface area contributed by atoms with Crippen molar-refractivity contribution in [3.63, 3.8) is 0 Å². The van der Waals surface area contributed by atoms with Gasteiger partial charge in [-0.25, -0.2) is 12.8 Å². The molecule has 1 N–H and O–H groups in total. The number of fused-ring (bicyclic) bond motifs is 1. The summed E-state index contributed by atoms with van der Waals surface area (Å²) >= 11 is 0. The maximum Gasteiger partial charge on any atom is 0.303 e. The molecule has 0 unspecified atom stereocenters. The van der Waals surface area contributed by atoms with Crippen LogP contribution < -0.4 is 4.74 Å². The van der Waals surface area contributed by atoms with Crippen molar-refractivity contribution in [1.82, 2.24) is 4.31 Å². The Kier molecular flexibility index (Phi) is 6.76. The van der Waals surface area contributed by atoms with Crippen molar-refractivity contribution in [1.29, 1.82) is 0 Å². The van der Waals surface area contributed by atoms with E-state index in [1.165, 1.54) is 16.4 Å². The summed E-state index contributed by atoms with van der Waals surface area (Å²) in [7, 11) is -3.93. The number of nitrogens with zero attached hydrogens (tertiary/aromatic N) is 1. The predicted octanol–water partition coefficient (Wildman–Crippen LogP) is 4.17. The highest BCUT2D eigenvalue weighted by Gasteiger charge is 2.26. The molecule has 0 atom stereocenters. The molecule has 172 valence electrons. The van der Waals surface area contributed by atoms with Crippen molar-refractivity contribution in [3.8, 4) is 5.75 Å². The Balaban J connectivity index is 1.64. The lowest BCUT2D eigenvalue weighted by Gasteiger charge is -2.23. The number of carbonyl (C=O) groups is 1. The van der Waals surface area contributed by atoms with Crippen LogP contribution in [-0.2, 0) is 40.7 Å². The standard InChI is InChI=1S/C25H24FNO5S/c26-22-6-8-23(9-7-22)33(30,31)27(17-20-4-10-24-21(15-20)12-13-32-24)16-19-3-1-2-18(14-19)5-11-25(28)29/h1-4,6-10,14-15H,5,11-13,16-17H2,(H,28,29). The molecule has 0 saturated heterocycles. The van der Waals surface area contributed by atoms with Gasteiger partial charge in [0, 0.05) is 25.9 Å². The van der Waals surface area contributed by atoms with E-state index >= 15 is 0 Å². The number of carboxylic acids is 1. The van der Waals surface area contributed by atoms with E-state index in [1.54, 1.807) is 6.07 Å². The SMILES string of the molecule is O=C(O)CCc1cccc(CN(Cc2ccc3c(c2)CCO3)S(=O)(=O)c2ccc(F)cc2)c1. The van der Waals surface area contributed by atoms with Gasteiger partial charge < -0.3 is 9.84 Å². The van der Waals surface area contributed by atoms with Crippen LogP contribution in [0.5, 0.6) is 5.75 Å². The molecule has 0 aromatic heterocycles. The number of sulfonamides is 1. The quantitative estimate of drug-likeness (QED) is 0.509. The highest BCUT2D eigenvalue weighted by Crippen LogP contribution is 2.28. The van der Waals surface area contributed by atoms with E-state index < -0.39 is 21.8 Å². The molecule has 0 spiro atoms. The molecule has 33 heavy (non-hydrogen) atoms. The van der Waals surface area contributed by atoms with Gasteiger partial charge in [-0.3, -0.25) is 4.79 Å². The second kappa shape index (κ2) is 9.72. The Bertz CT molecular complexity index is 1260. The largest absolute Gasteiger partial charge is 0.493 e. The first-order chi connectivity index (χ1) is 15.8. The van der Waals surface area contributed by atoms with Gasteiger partial charge in [0.25, 0.3) is 0 Å². The monoisotopic (exact) mass is 469 g/mol. The van der Waals surface area contributed by atoms with Crippen LogP contribution >= 0.6 is 0 Å². The first-order valence-electron chi connectivity index (χ1n) is 10.6. The predicted molar refractivity (Wildman–Crippen MR) is 121 cm³/mol. The minimum absolute atomic E-state index is 0.00174. The van der Waals surface area contributed by atoms with Crippen molar-refractivity contribution >= 4 is 16.0 Å². The van der Waals surface area contributed by atoms with Gasteiger partial charge in [-0.05, 0) is 59.0 Å². The topological polar surface area (TPSA) is 83.9 Å². The molecule has 8 heteroatoms. The molecule has 0 amide bonds. The van der Waals surface area contributed by atoms with E-state index in [4.69, 9.17) is 9.84 Å². The van der Waals surface area contributed by atoms with Crippen LogP contribution in [0.25, 0.3) is 0 Å². The number of ether oxygens (including phenoxy) is 1. The molecular formula is C25H24FNO5S. The summed E-state index contributed by atoms with van der Waals surface area (Å²) in [5, 5.41) is 8.95. The van der Waals surface area contributed by atoms with Crippen molar-refractivity contribution in [2.75, 3.05) is 6.61 Å². The van der Waals surface area contributed by atoms with E-state index in [-0.39, 0.29) is 24.4 Å². The lowest BCUT2D eigenvalue weighted by Crippen LogP contribution is -2.30. The van der Waals surface area contributed by atoms with Gasteiger partial charge in [-0.1, -0.05) is 36.4 Å². The minimum atomic E-state index is -3.93. The van der Waals surface area contributed by atoms with Crippen molar-refractivity contribution in [3.05, 3.63) is 94.8 Å². The third kappa shape index (κ3) is 5.58. The summed E-state index contributed by atoms with van der Waals surface area (Å²) in [4.78, 5) is 10.9. The fourth-order valence-electron chi connectivity index (χ4n) is 3.86. The zero-order valence-electron chi connectivity index (χ0n) is 17.9. The highest BCUT2D eigenvalue weighted by atomic mass is 32.2. The van der Waals surface area contributed by atoms with Crippen molar-refractivity contribution < 1.29 is 27.4 Å². The third-order valence-electron chi connectivity index (χ3n) is 5.54. The van der Waals surface area contributed by atoms with Gasteiger partial charge in [-0.2, -0.15) is 4.31 Å². The van der Waals surface area contributed by atoms with E-state index in [9.17, 15) is 17.6 Å². The third-order valence-corrected chi connectivity index (χ3v) is 7.35. The average Bonchev–Trinajstić information content (AvgIpc) is 3.26. The minimum Gasteiger partial charge on any atom is -0.493 e. The van der Waals surface area contributed by atoms with Gasteiger partial charge in [0.05, 0.1) is 11.5 Å². The summed E-state index contributed by atoms with van der Waals surface area (Å²) < 4.78 is 47.3. The molecule has 1 heterocycles. The Morgan fingerprint density at radius 3 is 2.39 bits per heavy atom. The normalized spacial score (nSPS) is 13.0. The fraction of sp³-hybridized carbons (Fsp3) is 0.240. The Hall–Kier alpha value is -3.23. The van der Waals surface area contributed by atoms with E-state index in [0.717, 1.165) is 46.6 Å². The van der Waals surface area contributed by atoms with Gasteiger partial charge in [-0.15, -0.1) is 0 Å². The Labute approximate surface area is 192 Å². The summed E-state index contributed by atoms with van der Waals surface area (Å²) in [5.74, 6) is -0.579. The first kappa shape index (κ1) is 22.9. The van der Waals surface area contributed by atoms with Crippen LogP contribution in [0, 0.1) is 5.82 Å². The van der Waals surface area contributed by atoms with Crippen molar-refractivity contribution in [2.45, 2.75) is 37.2 Å². The molecule has 1 aliphatic heterocycles. The number of hydrogen-bond donors (Lipinski definition) is 1. The maximum absolute atomic E-state index is 13.5. The van der Waals surface area contributed by atoms with Crippen LogP contribution in [0.3, 0.4) is 0 Å². The average molecular weight is 470 g/mol. The zero-order chi connectivity index (χ0) is 23.4. The van der Waals surface area contributed by atoms with Crippen LogP contribution in [0.15, 0.2) is 71.6 Å². The summed E-state index contributed by atoms with van der Waals surface area (Å²) in [6.45, 7) is 0.833. The van der Waals surface area contributed by atoms with Crippen LogP contribution in [0.4, 0.5) is 4.39 Å². The van der Waals surface area contributed by atoms with Crippen LogP contribution in [-0.4, -0.2) is 30.4 Å². The highest BCUT2D eigenvalue weighted by molar-refractivity contribution is 7.89. The van der Waals surface area contributed by atoms with Crippen LogP contribution in [0.1, 0.15) is 28.7 Å². The fourth-order valence-corrected chi connectivity index (χ4v) is 5.28. The summed E-state index contributed by atoms with van der Waals surface area (Å²) in [5.41, 5.74) is 3.44. The van der Waals surface area contributed by atoms with E-state index in [0.29, 0.717) is 13.0 Å². The van der Waals surface area contributed by atoms with Gasteiger partial charge >= 0.3 is 5.97 Å². The molecule has 3 aromatic carbocycles. The van der Waals surface area contributed by atoms with E-state index in [2.05, 4.69) is 0 Å². The van der Waals surface area contributed by atoms with Crippen molar-refractivity contribution in [2.24, 2.45) is 0 Å². The molecule has 0 fully saturated rings. The molecule has 0 aliphatic carbocycles. The Morgan fingerprint density at radius 1 is 0.970 bits per heavy atom. The molecule has 1 aliphatic rings. The molecule has 0 radical (unpaired) electrons. The van der Waals surface area contributed by atoms with Gasteiger partial charge in [0.2, 0.25) is 10.0 Å². The number of carboxylic acid groups (broad SMARTS) is 1. The van der Waals surface area contributed by atoms with Gasteiger partial charge in [0.1, 0.15) is 11.6 Å². The molecular weight excluding hydrogens is 445 g/mol. The molecule has 4 rings (SSSR count). The number of rotatable bonds is 9. The van der Waals surface area contributed by atoms with Gasteiger partial charge in [0.15, 0.2) is 0 Å². The van der Waals surface area contributed by atoms with Crippen LogP contribution in [0.2, 0.25) is 0 Å². The number of halogens is 1. The molecule has 6 nitrogen and oxygen atoms in total. The number of benzene rings is 3. The molecule has 0 saturated carbocycles. The lowest BCUT2D eigenvalue weighted by atomic mass is 10.1. The number of aryl methyl sites for hydroxylation is 1. The number of hydrogen-bond acceptors (Lipinski definition) is 4. The zero-order valence-corrected chi connectivity index (χ0v) is 18.7. The molecule has 3 aromatic rings.